The van der Waals surface area contributed by atoms with E-state index < -0.39 is 16.9 Å². The first-order valence-corrected chi connectivity index (χ1v) is 9.76. The summed E-state index contributed by atoms with van der Waals surface area (Å²) in [4.78, 5) is 0. The van der Waals surface area contributed by atoms with E-state index in [0.717, 1.165) is 0 Å². The van der Waals surface area contributed by atoms with Crippen LogP contribution in [0.2, 0.25) is 26.2 Å². The van der Waals surface area contributed by atoms with Crippen molar-refractivity contribution in [3.8, 4) is 0 Å². The van der Waals surface area contributed by atoms with E-state index in [2.05, 4.69) is 26.3 Å². The van der Waals surface area contributed by atoms with Gasteiger partial charge in [0, 0.05) is 0 Å². The molecule has 12 heavy (non-hydrogen) atoms. The van der Waals surface area contributed by atoms with Gasteiger partial charge >= 0.3 is 8.56 Å². The predicted molar refractivity (Wildman–Crippen MR) is 57.5 cm³/mol. The second-order valence-corrected chi connectivity index (χ2v) is 11.1. The van der Waals surface area contributed by atoms with Crippen LogP contribution in [-0.4, -0.2) is 16.9 Å². The van der Waals surface area contributed by atoms with Crippen LogP contribution in [-0.2, 0) is 8.54 Å². The van der Waals surface area contributed by atoms with Crippen molar-refractivity contribution in [2.75, 3.05) is 0 Å². The summed E-state index contributed by atoms with van der Waals surface area (Å²) in [6.07, 6.45) is 1.46. The largest absolute Gasteiger partial charge is 0.528 e. The van der Waals surface area contributed by atoms with Gasteiger partial charge in [-0.2, -0.15) is 0 Å². The Balaban J connectivity index is 4.21. The third-order valence-corrected chi connectivity index (χ3v) is 7.16. The highest BCUT2D eigenvalue weighted by atomic mass is 28.4. The molecule has 2 nitrogen and oxygen atoms in total. The molecule has 0 heterocycles. The van der Waals surface area contributed by atoms with E-state index in [1.54, 1.807) is 0 Å². The van der Waals surface area contributed by atoms with Crippen LogP contribution in [0.25, 0.3) is 0 Å². The molecule has 0 spiro atoms. The van der Waals surface area contributed by atoms with Gasteiger partial charge in [0.25, 0.3) is 0 Å². The summed E-state index contributed by atoms with van der Waals surface area (Å²) in [5.41, 5.74) is 1.91. The Morgan fingerprint density at radius 3 is 1.92 bits per heavy atom. The van der Waals surface area contributed by atoms with E-state index in [4.69, 9.17) is 8.54 Å². The zero-order valence-corrected chi connectivity index (χ0v) is 10.4. The fourth-order valence-electron chi connectivity index (χ4n) is 0.900. The zero-order valence-electron chi connectivity index (χ0n) is 8.39. The molecule has 0 bridgehead atoms. The van der Waals surface area contributed by atoms with Crippen LogP contribution >= 0.6 is 0 Å². The molecular formula is C8H18O2Si2. The number of hydrogen-bond donors (Lipinski definition) is 0. The predicted octanol–water partition coefficient (Wildman–Crippen LogP) is 2.80. The average Bonchev–Trinajstić information content (AvgIpc) is 1.85. The summed E-state index contributed by atoms with van der Waals surface area (Å²) in [7, 11) is -3.68. The molecule has 0 atom stereocenters. The van der Waals surface area contributed by atoms with Crippen molar-refractivity contribution < 1.29 is 8.54 Å². The Labute approximate surface area is 77.3 Å². The first kappa shape index (κ1) is 11.7. The van der Waals surface area contributed by atoms with Gasteiger partial charge in [0.2, 0.25) is 8.32 Å². The fourth-order valence-corrected chi connectivity index (χ4v) is 6.89. The molecule has 0 fully saturated rings. The fraction of sp³-hybridized carbons (Fsp3) is 0.500. The molecule has 0 radical (unpaired) electrons. The lowest BCUT2D eigenvalue weighted by Gasteiger charge is -2.29. The molecule has 0 N–H and O–H groups in total. The molecule has 0 aromatic carbocycles. The molecule has 0 aromatic heterocycles. The quantitative estimate of drug-likeness (QED) is 0.504. The van der Waals surface area contributed by atoms with Gasteiger partial charge in [-0.05, 0) is 26.2 Å². The summed E-state index contributed by atoms with van der Waals surface area (Å²) in [6, 6.07) is 0. The van der Waals surface area contributed by atoms with Gasteiger partial charge in [0.05, 0.1) is 6.26 Å². The van der Waals surface area contributed by atoms with Gasteiger partial charge in [0.1, 0.15) is 0 Å². The Morgan fingerprint density at radius 2 is 1.58 bits per heavy atom. The minimum Gasteiger partial charge on any atom is -0.528 e. The normalized spacial score (nSPS) is 12.3. The summed E-state index contributed by atoms with van der Waals surface area (Å²) in [5.74, 6) is 0. The van der Waals surface area contributed by atoms with Crippen molar-refractivity contribution in [1.82, 2.24) is 0 Å². The van der Waals surface area contributed by atoms with Gasteiger partial charge in [-0.1, -0.05) is 12.3 Å². The van der Waals surface area contributed by atoms with Crippen LogP contribution in [0.1, 0.15) is 0 Å². The van der Waals surface area contributed by atoms with E-state index in [0.29, 0.717) is 0 Å². The van der Waals surface area contributed by atoms with Crippen molar-refractivity contribution in [3.63, 3.8) is 0 Å². The van der Waals surface area contributed by atoms with Crippen molar-refractivity contribution in [2.24, 2.45) is 0 Å². The molecule has 0 aromatic rings. The van der Waals surface area contributed by atoms with Gasteiger partial charge < -0.3 is 8.54 Å². The molecule has 0 unspecified atom stereocenters. The monoisotopic (exact) mass is 202 g/mol. The smallest absolute Gasteiger partial charge is 0.381 e. The topological polar surface area (TPSA) is 18.5 Å². The lowest BCUT2D eigenvalue weighted by atomic mass is 11.2. The van der Waals surface area contributed by atoms with E-state index >= 15 is 0 Å². The molecule has 0 saturated heterocycles. The van der Waals surface area contributed by atoms with E-state index in [1.165, 1.54) is 6.26 Å². The molecular weight excluding hydrogens is 184 g/mol. The number of rotatable bonds is 5. The van der Waals surface area contributed by atoms with Gasteiger partial charge in [-0.3, -0.25) is 0 Å². The third-order valence-electron chi connectivity index (χ3n) is 1.37. The molecule has 0 saturated carbocycles. The molecule has 0 amide bonds. The van der Waals surface area contributed by atoms with Crippen LogP contribution in [0, 0.1) is 0 Å². The molecule has 0 aliphatic heterocycles. The summed E-state index contributed by atoms with van der Waals surface area (Å²) in [5, 5.41) is 0. The molecule has 0 aliphatic carbocycles. The van der Waals surface area contributed by atoms with E-state index in [1.807, 2.05) is 18.8 Å². The lowest BCUT2D eigenvalue weighted by Crippen LogP contribution is -2.44. The highest BCUT2D eigenvalue weighted by Gasteiger charge is 2.33. The summed E-state index contributed by atoms with van der Waals surface area (Å²) >= 11 is 0. The summed E-state index contributed by atoms with van der Waals surface area (Å²) < 4.78 is 11.2. The van der Waals surface area contributed by atoms with Crippen LogP contribution in [0.3, 0.4) is 0 Å². The number of hydrogen-bond acceptors (Lipinski definition) is 2. The maximum Gasteiger partial charge on any atom is 0.381 e. The van der Waals surface area contributed by atoms with E-state index in [9.17, 15) is 0 Å². The molecule has 0 aliphatic rings. The molecule has 0 rings (SSSR count). The van der Waals surface area contributed by atoms with Crippen molar-refractivity contribution in [2.45, 2.75) is 26.2 Å². The first-order chi connectivity index (χ1) is 5.33. The van der Waals surface area contributed by atoms with Crippen molar-refractivity contribution in [3.05, 3.63) is 25.1 Å². The van der Waals surface area contributed by atoms with Crippen LogP contribution < -0.4 is 0 Å². The highest BCUT2D eigenvalue weighted by Crippen LogP contribution is 2.15. The molecule has 4 heteroatoms. The van der Waals surface area contributed by atoms with Crippen LogP contribution in [0.15, 0.2) is 25.1 Å². The second kappa shape index (κ2) is 4.07. The Hall–Kier alpha value is -0.326. The zero-order chi connectivity index (χ0) is 9.83. The standard InChI is InChI=1S/C8H18O2Si2/c1-7-9-12(5,6)10-11(3,4)8-2/h7-8H,1-2H2,3-6H3. The maximum absolute atomic E-state index is 5.88. The van der Waals surface area contributed by atoms with E-state index in [-0.39, 0.29) is 0 Å². The Morgan fingerprint density at radius 1 is 1.08 bits per heavy atom. The minimum atomic E-state index is -1.99. The van der Waals surface area contributed by atoms with Crippen molar-refractivity contribution >= 4 is 16.9 Å². The molecule has 70 valence electrons. The van der Waals surface area contributed by atoms with Gasteiger partial charge in [0.15, 0.2) is 0 Å². The van der Waals surface area contributed by atoms with Crippen LogP contribution in [0.4, 0.5) is 0 Å². The van der Waals surface area contributed by atoms with Crippen LogP contribution in [0.5, 0.6) is 0 Å². The minimum absolute atomic E-state index is 1.46. The Kier molecular flexibility index (Phi) is 3.96. The average molecular weight is 202 g/mol. The second-order valence-electron chi connectivity index (χ2n) is 3.59. The maximum atomic E-state index is 5.88. The first-order valence-electron chi connectivity index (χ1n) is 3.95. The van der Waals surface area contributed by atoms with Crippen molar-refractivity contribution in [1.29, 1.82) is 0 Å². The highest BCUT2D eigenvalue weighted by molar-refractivity contribution is 6.85. The summed E-state index contributed by atoms with van der Waals surface area (Å²) in [6.45, 7) is 15.5. The van der Waals surface area contributed by atoms with Gasteiger partial charge in [-0.25, -0.2) is 0 Å². The third kappa shape index (κ3) is 4.53. The Bertz CT molecular complexity index is 176. The SMILES string of the molecule is C=CO[Si](C)(C)O[Si](C)(C)C=C. The van der Waals surface area contributed by atoms with Gasteiger partial charge in [-0.15, -0.1) is 6.58 Å². The lowest BCUT2D eigenvalue weighted by molar-refractivity contribution is 0.356.